The van der Waals surface area contributed by atoms with Crippen molar-refractivity contribution < 1.29 is 22.8 Å². The number of benzene rings is 3. The molecule has 1 unspecified atom stereocenters. The van der Waals surface area contributed by atoms with Crippen molar-refractivity contribution in [3.05, 3.63) is 106 Å². The minimum Gasteiger partial charge on any atom is -0.348 e. The van der Waals surface area contributed by atoms with Gasteiger partial charge in [-0.2, -0.15) is 0 Å². The molecule has 2 aliphatic heterocycles. The van der Waals surface area contributed by atoms with Crippen LogP contribution in [0.5, 0.6) is 0 Å². The molecule has 198 valence electrons. The zero-order valence-corrected chi connectivity index (χ0v) is 20.9. The third-order valence-electron chi connectivity index (χ3n) is 7.82. The van der Waals surface area contributed by atoms with Crippen molar-refractivity contribution in [3.8, 4) is 0 Å². The van der Waals surface area contributed by atoms with Gasteiger partial charge < -0.3 is 16.0 Å². The summed E-state index contributed by atoms with van der Waals surface area (Å²) >= 11 is 0. The first kappa shape index (κ1) is 26.0. The number of rotatable bonds is 7. The molecule has 2 heterocycles. The number of carbonyl (C=O) groups excluding carboxylic acids is 2. The van der Waals surface area contributed by atoms with Crippen molar-refractivity contribution in [2.75, 3.05) is 0 Å². The van der Waals surface area contributed by atoms with E-state index in [2.05, 4.69) is 5.32 Å². The number of hydrogen-bond acceptors (Lipinski definition) is 3. The summed E-state index contributed by atoms with van der Waals surface area (Å²) in [7, 11) is 0. The molecular weight excluding hydrogens is 491 g/mol. The zero-order chi connectivity index (χ0) is 26.8. The van der Waals surface area contributed by atoms with Crippen LogP contribution in [0.2, 0.25) is 0 Å². The monoisotopic (exact) mass is 521 g/mol. The molecule has 38 heavy (non-hydrogen) atoms. The average molecular weight is 522 g/mol. The Morgan fingerprint density at radius 1 is 0.868 bits per heavy atom. The summed E-state index contributed by atoms with van der Waals surface area (Å²) in [6.07, 6.45) is 3.21. The van der Waals surface area contributed by atoms with Crippen LogP contribution < -0.4 is 11.1 Å². The van der Waals surface area contributed by atoms with Crippen LogP contribution in [-0.4, -0.2) is 34.8 Å². The molecule has 0 radical (unpaired) electrons. The topological polar surface area (TPSA) is 75.4 Å². The second-order valence-electron chi connectivity index (χ2n) is 10.3. The highest BCUT2D eigenvalue weighted by Gasteiger charge is 2.44. The number of fused-ring (bicyclic) bond motifs is 2. The minimum atomic E-state index is -1.22. The highest BCUT2D eigenvalue weighted by molar-refractivity contribution is 5.95. The number of halogens is 3. The van der Waals surface area contributed by atoms with Crippen LogP contribution in [0.15, 0.2) is 66.7 Å². The second-order valence-corrected chi connectivity index (χ2v) is 10.3. The van der Waals surface area contributed by atoms with Gasteiger partial charge in [-0.25, -0.2) is 13.2 Å². The number of carbonyl (C=O) groups is 2. The fraction of sp³-hybridized carbons (Fsp3) is 0.333. The van der Waals surface area contributed by atoms with E-state index in [-0.39, 0.29) is 41.8 Å². The van der Waals surface area contributed by atoms with Gasteiger partial charge in [-0.15, -0.1) is 0 Å². The Morgan fingerprint density at radius 3 is 2.24 bits per heavy atom. The highest BCUT2D eigenvalue weighted by Crippen LogP contribution is 2.41. The largest absolute Gasteiger partial charge is 0.348 e. The van der Waals surface area contributed by atoms with Crippen LogP contribution in [0, 0.1) is 23.4 Å². The van der Waals surface area contributed by atoms with Crippen LogP contribution in [-0.2, 0) is 13.0 Å². The first-order chi connectivity index (χ1) is 18.3. The van der Waals surface area contributed by atoms with Gasteiger partial charge >= 0.3 is 0 Å². The van der Waals surface area contributed by atoms with Crippen LogP contribution in [0.3, 0.4) is 0 Å². The second kappa shape index (κ2) is 11.0. The van der Waals surface area contributed by atoms with E-state index in [1.165, 1.54) is 0 Å². The van der Waals surface area contributed by atoms with Crippen LogP contribution in [0.4, 0.5) is 13.2 Å². The summed E-state index contributed by atoms with van der Waals surface area (Å²) in [4.78, 5) is 27.9. The van der Waals surface area contributed by atoms with Gasteiger partial charge in [-0.3, -0.25) is 9.59 Å². The van der Waals surface area contributed by atoms with Crippen molar-refractivity contribution >= 4 is 11.8 Å². The van der Waals surface area contributed by atoms with Gasteiger partial charge in [0.15, 0.2) is 11.6 Å². The van der Waals surface area contributed by atoms with E-state index in [0.29, 0.717) is 36.6 Å². The summed E-state index contributed by atoms with van der Waals surface area (Å²) in [5, 5.41) is 2.89. The molecule has 2 bridgehead atoms. The third-order valence-corrected chi connectivity index (χ3v) is 7.82. The number of nitrogens with one attached hydrogen (secondary N) is 1. The maximum Gasteiger partial charge on any atom is 0.254 e. The SMILES string of the molecule is N[C@H](Cc1cc(F)c(F)cc1F)C1C[C@H]2CC[C@@H](C1)N2C(=O)c1cccc(CNC(=O)c2ccccc2)c1. The molecule has 3 aromatic carbocycles. The van der Waals surface area contributed by atoms with Crippen LogP contribution >= 0.6 is 0 Å². The molecule has 0 spiro atoms. The summed E-state index contributed by atoms with van der Waals surface area (Å²) in [6.45, 7) is 0.305. The normalized spacial score (nSPS) is 21.3. The Hall–Kier alpha value is -3.65. The molecule has 2 aliphatic rings. The molecule has 3 N–H and O–H groups in total. The standard InChI is InChI=1S/C30H30F3N3O2/c31-25-16-27(33)26(32)14-21(25)15-28(34)22-12-23-9-10-24(13-22)36(23)30(38)20-8-4-5-18(11-20)17-35-29(37)19-6-2-1-3-7-19/h1-8,11,14,16,22-24,28H,9-10,12-13,15,17,34H2,(H,35,37)/t22?,23-,24+,28-/m1/s1. The van der Waals surface area contributed by atoms with Crippen molar-refractivity contribution in [1.29, 1.82) is 0 Å². The summed E-state index contributed by atoms with van der Waals surface area (Å²) < 4.78 is 41.1. The molecule has 8 heteroatoms. The molecule has 2 saturated heterocycles. The molecular formula is C30H30F3N3O2. The first-order valence-corrected chi connectivity index (χ1v) is 12.9. The lowest BCUT2D eigenvalue weighted by atomic mass is 9.82. The Kier molecular flexibility index (Phi) is 7.51. The lowest BCUT2D eigenvalue weighted by Gasteiger charge is -2.41. The van der Waals surface area contributed by atoms with Crippen LogP contribution in [0.1, 0.15) is 57.5 Å². The number of nitrogens with two attached hydrogens (primary N) is 1. The van der Waals surface area contributed by atoms with E-state index in [4.69, 9.17) is 5.73 Å². The number of hydrogen-bond donors (Lipinski definition) is 2. The predicted molar refractivity (Wildman–Crippen MR) is 138 cm³/mol. The molecule has 5 nitrogen and oxygen atoms in total. The molecule has 4 atom stereocenters. The maximum absolute atomic E-state index is 14.2. The van der Waals surface area contributed by atoms with Gasteiger partial charge in [0.1, 0.15) is 5.82 Å². The molecule has 5 rings (SSSR count). The van der Waals surface area contributed by atoms with E-state index in [0.717, 1.165) is 24.5 Å². The van der Waals surface area contributed by atoms with Crippen molar-refractivity contribution in [2.45, 2.75) is 56.8 Å². The van der Waals surface area contributed by atoms with Gasteiger partial charge in [-0.1, -0.05) is 30.3 Å². The van der Waals surface area contributed by atoms with E-state index in [1.807, 2.05) is 29.2 Å². The summed E-state index contributed by atoms with van der Waals surface area (Å²) in [6, 6.07) is 17.3. The van der Waals surface area contributed by atoms with Crippen molar-refractivity contribution in [2.24, 2.45) is 11.7 Å². The fourth-order valence-electron chi connectivity index (χ4n) is 5.88. The Morgan fingerprint density at radius 2 is 1.53 bits per heavy atom. The highest BCUT2D eigenvalue weighted by atomic mass is 19.2. The van der Waals surface area contributed by atoms with E-state index in [9.17, 15) is 22.8 Å². The quantitative estimate of drug-likeness (QED) is 0.431. The molecule has 0 saturated carbocycles. The summed E-state index contributed by atoms with van der Waals surface area (Å²) in [5.74, 6) is -3.28. The van der Waals surface area contributed by atoms with Crippen molar-refractivity contribution in [3.63, 3.8) is 0 Å². The average Bonchev–Trinajstić information content (AvgIpc) is 3.19. The lowest BCUT2D eigenvalue weighted by molar-refractivity contribution is 0.0499. The fourth-order valence-corrected chi connectivity index (χ4v) is 5.88. The smallest absolute Gasteiger partial charge is 0.254 e. The van der Waals surface area contributed by atoms with E-state index >= 15 is 0 Å². The number of nitrogens with zero attached hydrogens (tertiary/aromatic N) is 1. The van der Waals surface area contributed by atoms with Gasteiger partial charge in [0, 0.05) is 41.9 Å². The minimum absolute atomic E-state index is 0.0218. The number of amides is 2. The van der Waals surface area contributed by atoms with E-state index < -0.39 is 23.5 Å². The number of piperidine rings is 1. The molecule has 0 aliphatic carbocycles. The lowest BCUT2D eigenvalue weighted by Crippen LogP contribution is -2.50. The molecule has 0 aromatic heterocycles. The zero-order valence-electron chi connectivity index (χ0n) is 20.9. The van der Waals surface area contributed by atoms with Gasteiger partial charge in [0.05, 0.1) is 0 Å². The van der Waals surface area contributed by atoms with Crippen LogP contribution in [0.25, 0.3) is 0 Å². The molecule has 2 fully saturated rings. The molecule has 2 amide bonds. The first-order valence-electron chi connectivity index (χ1n) is 12.9. The van der Waals surface area contributed by atoms with Gasteiger partial charge in [0.25, 0.3) is 11.8 Å². The van der Waals surface area contributed by atoms with Gasteiger partial charge in [-0.05, 0) is 79.5 Å². The van der Waals surface area contributed by atoms with Gasteiger partial charge in [0.2, 0.25) is 0 Å². The Balaban J connectivity index is 1.22. The maximum atomic E-state index is 14.2. The van der Waals surface area contributed by atoms with E-state index in [1.54, 1.807) is 30.3 Å². The molecule has 3 aromatic rings. The Bertz CT molecular complexity index is 1320. The summed E-state index contributed by atoms with van der Waals surface area (Å²) in [5.41, 5.74) is 8.46. The Labute approximate surface area is 219 Å². The van der Waals surface area contributed by atoms with Crippen molar-refractivity contribution in [1.82, 2.24) is 10.2 Å². The predicted octanol–water partition coefficient (Wildman–Crippen LogP) is 4.99. The third kappa shape index (κ3) is 5.45.